The number of pyridine rings is 1. The van der Waals surface area contributed by atoms with Crippen LogP contribution in [0, 0.1) is 6.92 Å². The number of nitrogens with one attached hydrogen (secondary N) is 1. The predicted octanol–water partition coefficient (Wildman–Crippen LogP) is 2.79. The van der Waals surface area contributed by atoms with Gasteiger partial charge < -0.3 is 14.1 Å². The fourth-order valence-corrected chi connectivity index (χ4v) is 3.14. The van der Waals surface area contributed by atoms with E-state index >= 15 is 0 Å². The molecule has 1 N–H and O–H groups in total. The molecule has 2 aromatic heterocycles. The first kappa shape index (κ1) is 21.0. The molecule has 8 nitrogen and oxygen atoms in total. The Kier molecular flexibility index (Phi) is 6.15. The Balaban J connectivity index is 0.000000177. The number of amides is 3. The number of hydrogen-bond donors (Lipinski definition) is 1. The van der Waals surface area contributed by atoms with Crippen molar-refractivity contribution in [1.29, 1.82) is 0 Å². The fraction of sp³-hybridized carbons (Fsp3) is 0.273. The summed E-state index contributed by atoms with van der Waals surface area (Å²) >= 11 is 0. The highest BCUT2D eigenvalue weighted by Crippen LogP contribution is 2.25. The van der Waals surface area contributed by atoms with Crippen molar-refractivity contribution in [2.75, 3.05) is 14.2 Å². The molecule has 1 aliphatic rings. The number of rotatable bonds is 4. The first-order valence-electron chi connectivity index (χ1n) is 9.36. The van der Waals surface area contributed by atoms with Gasteiger partial charge in [0.05, 0.1) is 13.0 Å². The summed E-state index contributed by atoms with van der Waals surface area (Å²) in [5.41, 5.74) is 3.36. The van der Waals surface area contributed by atoms with Gasteiger partial charge in [-0.2, -0.15) is 0 Å². The van der Waals surface area contributed by atoms with E-state index in [4.69, 9.17) is 9.15 Å². The molecule has 0 radical (unpaired) electrons. The Morgan fingerprint density at radius 1 is 1.33 bits per heavy atom. The van der Waals surface area contributed by atoms with Crippen LogP contribution in [0.25, 0.3) is 11.1 Å². The summed E-state index contributed by atoms with van der Waals surface area (Å²) in [7, 11) is 3.40. The zero-order valence-corrected chi connectivity index (χ0v) is 17.3. The van der Waals surface area contributed by atoms with Crippen LogP contribution in [0.3, 0.4) is 0 Å². The topological polar surface area (TPSA) is 102 Å². The van der Waals surface area contributed by atoms with Crippen LogP contribution < -0.4 is 10.1 Å². The number of nitrogens with zero attached hydrogens (tertiary/aromatic N) is 2. The van der Waals surface area contributed by atoms with E-state index in [0.29, 0.717) is 24.4 Å². The third-order valence-electron chi connectivity index (χ3n) is 4.85. The summed E-state index contributed by atoms with van der Waals surface area (Å²) in [6.45, 7) is 4.31. The van der Waals surface area contributed by atoms with E-state index in [1.54, 1.807) is 44.3 Å². The molecule has 0 saturated carbocycles. The standard InChI is InChI=1S/C12H12N2O3.C10H11NO2/c1-7-3-9-4-10(17-12(9)13-5-7)8(2)11(16)14-6-15;1-11-6-7-3-4-8(13-2)5-9(7)10(11)12/h3-6,8H,1-2H3,(H,14,15,16);3-5H,6H2,1-2H3. The lowest BCUT2D eigenvalue weighted by Gasteiger charge is -2.04. The molecule has 0 saturated heterocycles. The molecule has 1 atom stereocenters. The summed E-state index contributed by atoms with van der Waals surface area (Å²) in [5, 5.41) is 2.95. The van der Waals surface area contributed by atoms with Crippen molar-refractivity contribution in [3.63, 3.8) is 0 Å². The van der Waals surface area contributed by atoms with Gasteiger partial charge in [0.25, 0.3) is 5.91 Å². The highest BCUT2D eigenvalue weighted by Gasteiger charge is 2.24. The molecule has 3 heterocycles. The van der Waals surface area contributed by atoms with Crippen LogP contribution in [0.15, 0.2) is 40.9 Å². The van der Waals surface area contributed by atoms with Crippen LogP contribution in [0.4, 0.5) is 0 Å². The molecule has 1 unspecified atom stereocenters. The van der Waals surface area contributed by atoms with Gasteiger partial charge in [-0.1, -0.05) is 6.07 Å². The van der Waals surface area contributed by atoms with Crippen LogP contribution in [-0.2, 0) is 16.1 Å². The zero-order chi connectivity index (χ0) is 21.8. The molecule has 0 spiro atoms. The molecule has 0 bridgehead atoms. The van der Waals surface area contributed by atoms with Crippen molar-refractivity contribution in [1.82, 2.24) is 15.2 Å². The lowest BCUT2D eigenvalue weighted by Crippen LogP contribution is -2.26. The van der Waals surface area contributed by atoms with Crippen LogP contribution in [-0.4, -0.2) is 42.3 Å². The zero-order valence-electron chi connectivity index (χ0n) is 17.3. The minimum atomic E-state index is -0.519. The number of methoxy groups -OCH3 is 1. The molecule has 0 fully saturated rings. The molecular weight excluding hydrogens is 386 g/mol. The maximum Gasteiger partial charge on any atom is 0.254 e. The predicted molar refractivity (Wildman–Crippen MR) is 110 cm³/mol. The Morgan fingerprint density at radius 3 is 2.80 bits per heavy atom. The van der Waals surface area contributed by atoms with Crippen molar-refractivity contribution in [2.45, 2.75) is 26.3 Å². The first-order valence-corrected chi connectivity index (χ1v) is 9.36. The second-order valence-corrected chi connectivity index (χ2v) is 7.09. The molecule has 1 aromatic carbocycles. The highest BCUT2D eigenvalue weighted by atomic mass is 16.5. The number of aromatic nitrogens is 1. The number of furan rings is 1. The molecule has 3 amide bonds. The second kappa shape index (κ2) is 8.77. The van der Waals surface area contributed by atoms with Crippen LogP contribution in [0.5, 0.6) is 5.75 Å². The second-order valence-electron chi connectivity index (χ2n) is 7.09. The molecule has 1 aliphatic heterocycles. The highest BCUT2D eigenvalue weighted by molar-refractivity contribution is 5.98. The Bertz CT molecular complexity index is 1110. The Morgan fingerprint density at radius 2 is 2.10 bits per heavy atom. The summed E-state index contributed by atoms with van der Waals surface area (Å²) in [6, 6.07) is 9.31. The van der Waals surface area contributed by atoms with Gasteiger partial charge >= 0.3 is 0 Å². The number of aryl methyl sites for hydroxylation is 1. The van der Waals surface area contributed by atoms with E-state index < -0.39 is 11.8 Å². The average Bonchev–Trinajstić information content (AvgIpc) is 3.28. The van der Waals surface area contributed by atoms with Crippen LogP contribution >= 0.6 is 0 Å². The van der Waals surface area contributed by atoms with E-state index in [2.05, 4.69) is 10.3 Å². The largest absolute Gasteiger partial charge is 0.497 e. The fourth-order valence-electron chi connectivity index (χ4n) is 3.14. The molecule has 156 valence electrons. The molecule has 0 aliphatic carbocycles. The number of carbonyl (C=O) groups is 3. The number of benzene rings is 1. The monoisotopic (exact) mass is 409 g/mol. The van der Waals surface area contributed by atoms with Crippen molar-refractivity contribution >= 4 is 29.3 Å². The van der Waals surface area contributed by atoms with Crippen molar-refractivity contribution < 1.29 is 23.5 Å². The maximum absolute atomic E-state index is 11.5. The molecule has 3 aromatic rings. The van der Waals surface area contributed by atoms with E-state index in [0.717, 1.165) is 27.8 Å². The lowest BCUT2D eigenvalue weighted by molar-refractivity contribution is -0.126. The quantitative estimate of drug-likeness (QED) is 0.665. The minimum absolute atomic E-state index is 0.0777. The molecule has 30 heavy (non-hydrogen) atoms. The normalized spacial score (nSPS) is 13.3. The summed E-state index contributed by atoms with van der Waals surface area (Å²) < 4.78 is 10.5. The van der Waals surface area contributed by atoms with Gasteiger partial charge in [-0.25, -0.2) is 4.98 Å². The van der Waals surface area contributed by atoms with E-state index in [-0.39, 0.29) is 5.91 Å². The van der Waals surface area contributed by atoms with Gasteiger partial charge in [-0.3, -0.25) is 19.7 Å². The summed E-state index contributed by atoms with van der Waals surface area (Å²) in [4.78, 5) is 39.0. The molecule has 8 heteroatoms. The Hall–Kier alpha value is -3.68. The van der Waals surface area contributed by atoms with Gasteiger partial charge in [0.15, 0.2) is 0 Å². The van der Waals surface area contributed by atoms with Gasteiger partial charge in [-0.05, 0) is 49.2 Å². The average molecular weight is 409 g/mol. The minimum Gasteiger partial charge on any atom is -0.497 e. The molecule has 4 rings (SSSR count). The summed E-state index contributed by atoms with van der Waals surface area (Å²) in [6.07, 6.45) is 2.07. The lowest BCUT2D eigenvalue weighted by atomic mass is 10.1. The SMILES string of the molecule is COc1ccc2c(c1)C(=O)N(C)C2.Cc1cnc2oc(C(C)C(=O)NC=O)cc2c1. The van der Waals surface area contributed by atoms with E-state index in [1.807, 2.05) is 25.1 Å². The van der Waals surface area contributed by atoms with Crippen molar-refractivity contribution in [3.05, 3.63) is 59.0 Å². The van der Waals surface area contributed by atoms with E-state index in [1.165, 1.54) is 0 Å². The van der Waals surface area contributed by atoms with Crippen molar-refractivity contribution in [2.24, 2.45) is 0 Å². The third kappa shape index (κ3) is 4.32. The number of hydrogen-bond acceptors (Lipinski definition) is 6. The van der Waals surface area contributed by atoms with Gasteiger partial charge in [0.2, 0.25) is 18.0 Å². The van der Waals surface area contributed by atoms with Gasteiger partial charge in [0.1, 0.15) is 11.5 Å². The van der Waals surface area contributed by atoms with Gasteiger partial charge in [0, 0.05) is 30.7 Å². The maximum atomic E-state index is 11.5. The third-order valence-corrected chi connectivity index (χ3v) is 4.85. The van der Waals surface area contributed by atoms with E-state index in [9.17, 15) is 14.4 Å². The smallest absolute Gasteiger partial charge is 0.254 e. The van der Waals surface area contributed by atoms with Crippen LogP contribution in [0.2, 0.25) is 0 Å². The Labute approximate surface area is 173 Å². The molecular formula is C22H23N3O5. The first-order chi connectivity index (χ1) is 14.3. The number of imide groups is 1. The number of carbonyl (C=O) groups excluding carboxylic acids is 3. The number of fused-ring (bicyclic) bond motifs is 2. The van der Waals surface area contributed by atoms with Gasteiger partial charge in [-0.15, -0.1) is 0 Å². The van der Waals surface area contributed by atoms with Crippen molar-refractivity contribution in [3.8, 4) is 5.75 Å². The number of ether oxygens (including phenoxy) is 1. The van der Waals surface area contributed by atoms with Crippen LogP contribution in [0.1, 0.15) is 40.1 Å². The summed E-state index contributed by atoms with van der Waals surface area (Å²) in [5.74, 6) is 0.402.